The van der Waals surface area contributed by atoms with Gasteiger partial charge in [0.1, 0.15) is 5.71 Å². The number of unbranched alkanes of at least 4 members (excludes halogenated alkanes) is 10. The third-order valence-corrected chi connectivity index (χ3v) is 11.3. The Morgan fingerprint density at radius 3 is 1.93 bits per heavy atom. The van der Waals surface area contributed by atoms with Crippen molar-refractivity contribution in [3.8, 4) is 0 Å². The van der Waals surface area contributed by atoms with E-state index in [-0.39, 0.29) is 23.7 Å². The maximum Gasteiger partial charge on any atom is 0.335 e. The van der Waals surface area contributed by atoms with Gasteiger partial charge in [-0.3, -0.25) is 9.59 Å². The number of nitrogens with zero attached hydrogens (tertiary/aromatic N) is 2. The highest BCUT2D eigenvalue weighted by Gasteiger charge is 2.20. The van der Waals surface area contributed by atoms with Crippen molar-refractivity contribution < 1.29 is 19.2 Å². The van der Waals surface area contributed by atoms with Crippen molar-refractivity contribution in [3.05, 3.63) is 112 Å². The van der Waals surface area contributed by atoms with Crippen molar-refractivity contribution in [2.24, 2.45) is 5.16 Å². The summed E-state index contributed by atoms with van der Waals surface area (Å²) < 4.78 is 2.19. The van der Waals surface area contributed by atoms with Crippen molar-refractivity contribution in [2.45, 2.75) is 116 Å². The van der Waals surface area contributed by atoms with Crippen LogP contribution in [0.5, 0.6) is 0 Å². The van der Waals surface area contributed by atoms with Crippen molar-refractivity contribution in [1.82, 2.24) is 4.57 Å². The minimum absolute atomic E-state index is 0.0396. The van der Waals surface area contributed by atoms with Crippen LogP contribution in [0, 0.1) is 6.92 Å². The number of fused-ring (bicyclic) bond motifs is 3. The van der Waals surface area contributed by atoms with E-state index in [4.69, 9.17) is 16.4 Å². The molecule has 0 atom stereocenters. The molecule has 0 spiro atoms. The fourth-order valence-corrected chi connectivity index (χ4v) is 7.94. The summed E-state index contributed by atoms with van der Waals surface area (Å²) >= 11 is 7.66. The molecule has 0 fully saturated rings. The van der Waals surface area contributed by atoms with E-state index >= 15 is 0 Å². The van der Waals surface area contributed by atoms with Crippen LogP contribution in [0.1, 0.15) is 129 Å². The number of benzene rings is 4. The summed E-state index contributed by atoms with van der Waals surface area (Å²) in [4.78, 5) is 46.9. The third-order valence-electron chi connectivity index (χ3n) is 10.0. The standard InChI is InChI=1S/C46H53ClN2O4S/c1-4-6-7-8-9-10-11-12-13-14-15-20-44(50)53-48-41(29-30-54-37-25-23-36(47)24-26-37)46(52)35-22-28-43-40(32-35)39-31-34(21-27-42(39)49(43)5-2)45(51)38-19-17-16-18-33(38)3/h16-19,21-28,31-32H,4-15,20,29-30H2,1-3H3/b48-41+. The molecule has 5 rings (SSSR count). The van der Waals surface area contributed by atoms with Gasteiger partial charge in [0.25, 0.3) is 0 Å². The van der Waals surface area contributed by atoms with Gasteiger partial charge >= 0.3 is 5.97 Å². The van der Waals surface area contributed by atoms with E-state index in [1.54, 1.807) is 11.8 Å². The summed E-state index contributed by atoms with van der Waals surface area (Å²) in [5.41, 5.74) is 4.79. The molecule has 54 heavy (non-hydrogen) atoms. The fraction of sp³-hybridized carbons (Fsp3) is 0.391. The van der Waals surface area contributed by atoms with Crippen LogP contribution < -0.4 is 0 Å². The first-order valence-electron chi connectivity index (χ1n) is 19.7. The Labute approximate surface area is 329 Å². The molecular weight excluding hydrogens is 712 g/mol. The molecule has 0 amide bonds. The summed E-state index contributed by atoms with van der Waals surface area (Å²) in [6.45, 7) is 6.99. The predicted octanol–water partition coefficient (Wildman–Crippen LogP) is 13.0. The molecule has 0 aliphatic heterocycles. The Balaban J connectivity index is 1.30. The van der Waals surface area contributed by atoms with Gasteiger partial charge in [0.2, 0.25) is 5.78 Å². The quantitative estimate of drug-likeness (QED) is 0.0175. The maximum atomic E-state index is 14.1. The minimum atomic E-state index is -0.422. The highest BCUT2D eigenvalue weighted by molar-refractivity contribution is 7.99. The molecule has 0 saturated heterocycles. The van der Waals surface area contributed by atoms with E-state index in [2.05, 4.69) is 23.6 Å². The Morgan fingerprint density at radius 2 is 1.30 bits per heavy atom. The smallest absolute Gasteiger partial charge is 0.335 e. The lowest BCUT2D eigenvalue weighted by Crippen LogP contribution is -2.17. The molecule has 0 aliphatic rings. The zero-order valence-corrected chi connectivity index (χ0v) is 33.6. The first-order chi connectivity index (χ1) is 26.3. The van der Waals surface area contributed by atoms with Crippen LogP contribution in [-0.2, 0) is 16.2 Å². The molecular formula is C46H53ClN2O4S. The average Bonchev–Trinajstić information content (AvgIpc) is 3.50. The SMILES string of the molecule is CCCCCCCCCCCCCC(=O)O/N=C(\CCSc1ccc(Cl)cc1)C(=O)c1ccc2c(c1)c1cc(C(=O)c3ccccc3C)ccc1n2CC. The topological polar surface area (TPSA) is 77.7 Å². The van der Waals surface area contributed by atoms with Crippen LogP contribution in [0.2, 0.25) is 5.02 Å². The zero-order valence-electron chi connectivity index (χ0n) is 32.0. The van der Waals surface area contributed by atoms with Crippen LogP contribution in [0.15, 0.2) is 95.0 Å². The fourth-order valence-electron chi connectivity index (χ4n) is 6.96. The van der Waals surface area contributed by atoms with E-state index in [9.17, 15) is 14.4 Å². The van der Waals surface area contributed by atoms with Gasteiger partial charge in [-0.25, -0.2) is 4.79 Å². The van der Waals surface area contributed by atoms with Gasteiger partial charge < -0.3 is 9.40 Å². The highest BCUT2D eigenvalue weighted by atomic mass is 35.5. The van der Waals surface area contributed by atoms with E-state index in [0.29, 0.717) is 33.9 Å². The lowest BCUT2D eigenvalue weighted by atomic mass is 9.97. The molecule has 6 nitrogen and oxygen atoms in total. The van der Waals surface area contributed by atoms with Gasteiger partial charge in [-0.2, -0.15) is 0 Å². The molecule has 0 aliphatic carbocycles. The Morgan fingerprint density at radius 1 is 0.704 bits per heavy atom. The molecule has 284 valence electrons. The summed E-state index contributed by atoms with van der Waals surface area (Å²) in [6.07, 6.45) is 13.7. The summed E-state index contributed by atoms with van der Waals surface area (Å²) in [7, 11) is 0. The van der Waals surface area contributed by atoms with E-state index in [0.717, 1.165) is 58.1 Å². The first kappa shape index (κ1) is 41.0. The Kier molecular flexibility index (Phi) is 16.0. The molecule has 1 aromatic heterocycles. The molecule has 1 heterocycles. The second-order valence-corrected chi connectivity index (χ2v) is 15.6. The van der Waals surface area contributed by atoms with Gasteiger partial charge in [-0.15, -0.1) is 11.8 Å². The number of rotatable bonds is 22. The number of thioether (sulfide) groups is 1. The molecule has 8 heteroatoms. The van der Waals surface area contributed by atoms with Crippen molar-refractivity contribution in [3.63, 3.8) is 0 Å². The number of aryl methyl sites for hydroxylation is 2. The van der Waals surface area contributed by atoms with E-state index in [1.807, 2.05) is 91.9 Å². The van der Waals surface area contributed by atoms with Gasteiger partial charge in [-0.05, 0) is 86.5 Å². The Hall–Kier alpha value is -4.20. The molecule has 5 aromatic rings. The average molecular weight is 765 g/mol. The van der Waals surface area contributed by atoms with Crippen molar-refractivity contribution >= 4 is 68.4 Å². The number of hydrogen-bond donors (Lipinski definition) is 0. The molecule has 4 aromatic carbocycles. The number of Topliss-reactive ketones (excluding diaryl/α,β-unsaturated/α-hetero) is 1. The number of halogens is 1. The third kappa shape index (κ3) is 11.2. The molecule has 0 N–H and O–H groups in total. The van der Waals surface area contributed by atoms with Crippen LogP contribution >= 0.6 is 23.4 Å². The Bertz CT molecular complexity index is 2070. The molecule has 0 bridgehead atoms. The van der Waals surface area contributed by atoms with Crippen molar-refractivity contribution in [1.29, 1.82) is 0 Å². The molecule has 0 radical (unpaired) electrons. The predicted molar refractivity (Wildman–Crippen MR) is 225 cm³/mol. The summed E-state index contributed by atoms with van der Waals surface area (Å²) in [5.74, 6) is -0.193. The van der Waals surface area contributed by atoms with Gasteiger partial charge in [0.05, 0.1) is 0 Å². The van der Waals surface area contributed by atoms with Gasteiger partial charge in [0.15, 0.2) is 5.78 Å². The number of ketones is 2. The number of oxime groups is 1. The normalized spacial score (nSPS) is 11.7. The van der Waals surface area contributed by atoms with E-state index in [1.165, 1.54) is 51.4 Å². The summed E-state index contributed by atoms with van der Waals surface area (Å²) in [6, 6.07) is 26.6. The largest absolute Gasteiger partial charge is 0.341 e. The maximum absolute atomic E-state index is 14.1. The number of carbonyl (C=O) groups is 3. The van der Waals surface area contributed by atoms with Crippen LogP contribution in [0.3, 0.4) is 0 Å². The van der Waals surface area contributed by atoms with Gasteiger partial charge in [0, 0.05) is 73.6 Å². The highest BCUT2D eigenvalue weighted by Crippen LogP contribution is 2.32. The lowest BCUT2D eigenvalue weighted by molar-refractivity contribution is -0.143. The van der Waals surface area contributed by atoms with Crippen molar-refractivity contribution in [2.75, 3.05) is 5.75 Å². The van der Waals surface area contributed by atoms with Crippen LogP contribution in [0.25, 0.3) is 21.8 Å². The number of carbonyl (C=O) groups excluding carboxylic acids is 3. The zero-order chi connectivity index (χ0) is 38.3. The molecule has 0 saturated carbocycles. The van der Waals surface area contributed by atoms with Crippen LogP contribution in [0.4, 0.5) is 0 Å². The number of hydrogen-bond acceptors (Lipinski definition) is 6. The lowest BCUT2D eigenvalue weighted by Gasteiger charge is -2.08. The second kappa shape index (κ2) is 21.0. The van der Waals surface area contributed by atoms with E-state index < -0.39 is 5.97 Å². The second-order valence-electron chi connectivity index (χ2n) is 14.0. The molecule has 0 unspecified atom stereocenters. The number of aromatic nitrogens is 1. The first-order valence-corrected chi connectivity index (χ1v) is 21.0. The minimum Gasteiger partial charge on any atom is -0.341 e. The van der Waals surface area contributed by atoms with Crippen LogP contribution in [-0.4, -0.2) is 33.6 Å². The monoisotopic (exact) mass is 764 g/mol. The van der Waals surface area contributed by atoms with Gasteiger partial charge in [-0.1, -0.05) is 112 Å². The summed E-state index contributed by atoms with van der Waals surface area (Å²) in [5, 5.41) is 6.63.